The molecule has 0 bridgehead atoms. The molecular weight excluding hydrogens is 562 g/mol. The molecule has 1 aliphatic rings. The van der Waals surface area contributed by atoms with Crippen LogP contribution in [0, 0.1) is 0 Å². The number of benzene rings is 3. The van der Waals surface area contributed by atoms with E-state index >= 15 is 0 Å². The number of aromatic carboxylic acids is 1. The van der Waals surface area contributed by atoms with E-state index < -0.39 is 17.8 Å². The quantitative estimate of drug-likeness (QED) is 0.230. The molecule has 0 spiro atoms. The number of nitrogens with zero attached hydrogens (tertiary/aromatic N) is 2. The molecule has 10 nitrogen and oxygen atoms in total. The molecule has 0 aliphatic carbocycles. The second-order valence-electron chi connectivity index (χ2n) is 9.14. The Balaban J connectivity index is 1.36. The van der Waals surface area contributed by atoms with Gasteiger partial charge in [0.1, 0.15) is 11.5 Å². The molecule has 212 valence electrons. The maximum absolute atomic E-state index is 13.1. The number of hydrazone groups is 1. The first-order valence-corrected chi connectivity index (χ1v) is 12.9. The Morgan fingerprint density at radius 3 is 2.52 bits per heavy atom. The molecule has 1 aromatic heterocycles. The number of anilines is 2. The van der Waals surface area contributed by atoms with Crippen LogP contribution in [0.1, 0.15) is 33.4 Å². The van der Waals surface area contributed by atoms with Crippen LogP contribution in [0.3, 0.4) is 0 Å². The van der Waals surface area contributed by atoms with Gasteiger partial charge in [-0.05, 0) is 73.7 Å². The van der Waals surface area contributed by atoms with E-state index in [1.54, 1.807) is 73.7 Å². The van der Waals surface area contributed by atoms with E-state index in [1.807, 2.05) is 0 Å². The van der Waals surface area contributed by atoms with Crippen molar-refractivity contribution in [2.24, 2.45) is 5.10 Å². The van der Waals surface area contributed by atoms with Gasteiger partial charge in [0.25, 0.3) is 11.8 Å². The maximum atomic E-state index is 13.1. The van der Waals surface area contributed by atoms with Crippen LogP contribution in [-0.4, -0.2) is 42.8 Å². The average Bonchev–Trinajstić information content (AvgIpc) is 3.57. The minimum absolute atomic E-state index is 0.0426. The fraction of sp³-hybridized carbons (Fsp3) is 0.0968. The zero-order valence-electron chi connectivity index (χ0n) is 22.7. The Labute approximate surface area is 245 Å². The van der Waals surface area contributed by atoms with Gasteiger partial charge < -0.3 is 24.3 Å². The number of amides is 2. The summed E-state index contributed by atoms with van der Waals surface area (Å²) < 4.78 is 16.5. The lowest BCUT2D eigenvalue weighted by Crippen LogP contribution is -2.21. The highest BCUT2D eigenvalue weighted by molar-refractivity contribution is 6.34. The summed E-state index contributed by atoms with van der Waals surface area (Å²) in [5.74, 6) is -0.135. The van der Waals surface area contributed by atoms with Gasteiger partial charge in [-0.25, -0.2) is 4.79 Å². The zero-order chi connectivity index (χ0) is 30.0. The molecule has 3 aromatic carbocycles. The summed E-state index contributed by atoms with van der Waals surface area (Å²) in [5.41, 5.74) is 2.43. The lowest BCUT2D eigenvalue weighted by Gasteiger charge is -2.12. The van der Waals surface area contributed by atoms with Crippen LogP contribution in [0.2, 0.25) is 5.02 Å². The largest absolute Gasteiger partial charge is 0.493 e. The Hall–Kier alpha value is -5.35. The molecule has 1 aliphatic heterocycles. The molecular formula is C31H24ClN3O7. The third-order valence-electron chi connectivity index (χ3n) is 6.45. The molecule has 2 N–H and O–H groups in total. The molecule has 0 saturated heterocycles. The van der Waals surface area contributed by atoms with Crippen molar-refractivity contribution in [3.8, 4) is 22.8 Å². The standard InChI is InChI=1S/C31H24ClN3O7/c1-17-23(30(37)35(34-17)21-6-4-5-19(13-21)31(38)39)16-22-9-12-26(42-22)18-7-10-25(32)24(14-18)29(36)33-20-8-11-27(40-2)28(15-20)41-3/h4-16H,1-3H3,(H,33,36)(H,38,39). The van der Waals surface area contributed by atoms with E-state index in [4.69, 9.17) is 25.5 Å². The summed E-state index contributed by atoms with van der Waals surface area (Å²) in [6, 6.07) is 19.3. The van der Waals surface area contributed by atoms with Crippen molar-refractivity contribution in [2.45, 2.75) is 6.92 Å². The SMILES string of the molecule is COc1ccc(NC(=O)c2cc(-c3ccc(C=C4C(=O)N(c5cccc(C(=O)O)c5)N=C4C)o3)ccc2Cl)cc1OC. The van der Waals surface area contributed by atoms with E-state index in [0.29, 0.717) is 51.2 Å². The first kappa shape index (κ1) is 28.2. The van der Waals surface area contributed by atoms with Gasteiger partial charge >= 0.3 is 5.97 Å². The molecule has 11 heteroatoms. The second kappa shape index (κ2) is 11.6. The van der Waals surface area contributed by atoms with E-state index in [1.165, 1.54) is 26.4 Å². The number of hydrogen-bond donors (Lipinski definition) is 2. The third kappa shape index (κ3) is 5.61. The molecule has 5 rings (SSSR count). The van der Waals surface area contributed by atoms with Crippen molar-refractivity contribution in [1.29, 1.82) is 0 Å². The van der Waals surface area contributed by atoms with Crippen LogP contribution in [0.15, 0.2) is 87.9 Å². The van der Waals surface area contributed by atoms with Gasteiger partial charge in [0.2, 0.25) is 0 Å². The van der Waals surface area contributed by atoms with Crippen molar-refractivity contribution in [1.82, 2.24) is 0 Å². The zero-order valence-corrected chi connectivity index (χ0v) is 23.4. The molecule has 0 unspecified atom stereocenters. The van der Waals surface area contributed by atoms with E-state index in [-0.39, 0.29) is 16.1 Å². The number of furan rings is 1. The minimum Gasteiger partial charge on any atom is -0.493 e. The number of halogens is 1. The smallest absolute Gasteiger partial charge is 0.335 e. The molecule has 2 heterocycles. The fourth-order valence-corrected chi connectivity index (χ4v) is 4.53. The molecule has 0 fully saturated rings. The van der Waals surface area contributed by atoms with E-state index in [2.05, 4.69) is 10.4 Å². The number of methoxy groups -OCH3 is 2. The van der Waals surface area contributed by atoms with Gasteiger partial charge in [-0.1, -0.05) is 17.7 Å². The minimum atomic E-state index is -1.10. The lowest BCUT2D eigenvalue weighted by molar-refractivity contribution is -0.114. The Kier molecular flexibility index (Phi) is 7.81. The van der Waals surface area contributed by atoms with Crippen LogP contribution in [0.5, 0.6) is 11.5 Å². The van der Waals surface area contributed by atoms with Gasteiger partial charge in [0.05, 0.1) is 47.3 Å². The van der Waals surface area contributed by atoms with Crippen LogP contribution in [-0.2, 0) is 4.79 Å². The number of carbonyl (C=O) groups excluding carboxylic acids is 2. The summed E-state index contributed by atoms with van der Waals surface area (Å²) >= 11 is 6.36. The average molecular weight is 586 g/mol. The molecule has 2 amide bonds. The van der Waals surface area contributed by atoms with Gasteiger partial charge in [-0.2, -0.15) is 10.1 Å². The molecule has 4 aromatic rings. The first-order valence-electron chi connectivity index (χ1n) is 12.6. The van der Waals surface area contributed by atoms with Crippen molar-refractivity contribution in [3.05, 3.63) is 100 Å². The Morgan fingerprint density at radius 1 is 1.00 bits per heavy atom. The Bertz CT molecular complexity index is 1790. The van der Waals surface area contributed by atoms with Crippen LogP contribution in [0.4, 0.5) is 11.4 Å². The lowest BCUT2D eigenvalue weighted by atomic mass is 10.1. The van der Waals surface area contributed by atoms with E-state index in [9.17, 15) is 19.5 Å². The first-order chi connectivity index (χ1) is 20.2. The highest BCUT2D eigenvalue weighted by Crippen LogP contribution is 2.32. The van der Waals surface area contributed by atoms with Crippen molar-refractivity contribution in [2.75, 3.05) is 24.5 Å². The number of carboxylic acids is 1. The van der Waals surface area contributed by atoms with Crippen LogP contribution >= 0.6 is 11.6 Å². The highest BCUT2D eigenvalue weighted by Gasteiger charge is 2.29. The Morgan fingerprint density at radius 2 is 1.79 bits per heavy atom. The molecule has 0 atom stereocenters. The molecule has 0 radical (unpaired) electrons. The van der Waals surface area contributed by atoms with Crippen LogP contribution in [0.25, 0.3) is 17.4 Å². The summed E-state index contributed by atoms with van der Waals surface area (Å²) in [4.78, 5) is 37.6. The summed E-state index contributed by atoms with van der Waals surface area (Å²) in [6.45, 7) is 1.68. The summed E-state index contributed by atoms with van der Waals surface area (Å²) in [7, 11) is 3.03. The third-order valence-corrected chi connectivity index (χ3v) is 6.78. The van der Waals surface area contributed by atoms with Crippen molar-refractivity contribution < 1.29 is 33.4 Å². The predicted octanol–water partition coefficient (Wildman–Crippen LogP) is 6.37. The van der Waals surface area contributed by atoms with Crippen molar-refractivity contribution in [3.63, 3.8) is 0 Å². The van der Waals surface area contributed by atoms with Crippen LogP contribution < -0.4 is 19.8 Å². The number of ether oxygens (including phenoxy) is 2. The topological polar surface area (TPSA) is 131 Å². The number of hydrogen-bond acceptors (Lipinski definition) is 7. The monoisotopic (exact) mass is 585 g/mol. The summed E-state index contributed by atoms with van der Waals surface area (Å²) in [5, 5.41) is 17.8. The van der Waals surface area contributed by atoms with Gasteiger partial charge in [-0.3, -0.25) is 9.59 Å². The van der Waals surface area contributed by atoms with Crippen molar-refractivity contribution >= 4 is 52.5 Å². The second-order valence-corrected chi connectivity index (χ2v) is 9.54. The molecule has 42 heavy (non-hydrogen) atoms. The number of rotatable bonds is 8. The predicted molar refractivity (Wildman–Crippen MR) is 159 cm³/mol. The number of nitrogens with one attached hydrogen (secondary N) is 1. The van der Waals surface area contributed by atoms with E-state index in [0.717, 1.165) is 5.01 Å². The maximum Gasteiger partial charge on any atom is 0.335 e. The molecule has 0 saturated carbocycles. The fourth-order valence-electron chi connectivity index (χ4n) is 4.32. The normalized spacial score (nSPS) is 13.7. The van der Waals surface area contributed by atoms with Gasteiger partial charge in [0, 0.05) is 17.3 Å². The van der Waals surface area contributed by atoms with Gasteiger partial charge in [0.15, 0.2) is 11.5 Å². The summed E-state index contributed by atoms with van der Waals surface area (Å²) in [6.07, 6.45) is 1.56. The number of carbonyl (C=O) groups is 3. The number of carboxylic acid groups (broad SMARTS) is 1. The highest BCUT2D eigenvalue weighted by atomic mass is 35.5. The van der Waals surface area contributed by atoms with Gasteiger partial charge in [-0.15, -0.1) is 0 Å².